The number of aromatic nitrogens is 1. The summed E-state index contributed by atoms with van der Waals surface area (Å²) in [6.45, 7) is 4.27. The number of ether oxygens (including phenoxy) is 2. The molecule has 2 heterocycles. The smallest absolute Gasteiger partial charge is 0.231 e. The number of nitrogens with zero attached hydrogens (tertiary/aromatic N) is 1. The monoisotopic (exact) mass is 232 g/mol. The molecule has 0 amide bonds. The molecule has 88 valence electrons. The van der Waals surface area contributed by atoms with Crippen molar-refractivity contribution in [1.29, 1.82) is 0 Å². The van der Waals surface area contributed by atoms with Crippen molar-refractivity contribution in [1.82, 2.24) is 5.16 Å². The molecule has 0 saturated carbocycles. The number of fused-ring (bicyclic) bond motifs is 1. The molecular formula is C12H12N2O3. The summed E-state index contributed by atoms with van der Waals surface area (Å²) in [6.07, 6.45) is 1.61. The van der Waals surface area contributed by atoms with Gasteiger partial charge in [0.05, 0.1) is 11.8 Å². The summed E-state index contributed by atoms with van der Waals surface area (Å²) >= 11 is 0. The van der Waals surface area contributed by atoms with E-state index in [0.717, 1.165) is 33.8 Å². The van der Waals surface area contributed by atoms with Crippen LogP contribution in [-0.2, 0) is 0 Å². The molecule has 0 bridgehead atoms. The largest absolute Gasteiger partial charge is 0.454 e. The Morgan fingerprint density at radius 2 is 2.00 bits per heavy atom. The molecule has 1 aliphatic rings. The second-order valence-corrected chi connectivity index (χ2v) is 4.01. The maximum Gasteiger partial charge on any atom is 0.231 e. The first-order valence-electron chi connectivity index (χ1n) is 5.29. The first kappa shape index (κ1) is 10.0. The van der Waals surface area contributed by atoms with E-state index in [1.165, 1.54) is 0 Å². The van der Waals surface area contributed by atoms with Gasteiger partial charge in [0, 0.05) is 0 Å². The van der Waals surface area contributed by atoms with E-state index in [1.807, 2.05) is 19.9 Å². The van der Waals surface area contributed by atoms with Crippen LogP contribution in [0.3, 0.4) is 0 Å². The van der Waals surface area contributed by atoms with Gasteiger partial charge in [-0.25, -0.2) is 0 Å². The van der Waals surface area contributed by atoms with E-state index in [1.54, 1.807) is 6.20 Å². The number of nitrogens with two attached hydrogens (primary N) is 1. The SMILES string of the molecule is Cc1c(-c2cnoc2N)cc2c(c1C)OCO2. The number of anilines is 1. The molecule has 0 spiro atoms. The zero-order valence-corrected chi connectivity index (χ0v) is 9.61. The van der Waals surface area contributed by atoms with Gasteiger partial charge < -0.3 is 19.7 Å². The second kappa shape index (κ2) is 3.41. The topological polar surface area (TPSA) is 70.5 Å². The highest BCUT2D eigenvalue weighted by Gasteiger charge is 2.22. The van der Waals surface area contributed by atoms with Crippen LogP contribution in [0.2, 0.25) is 0 Å². The molecule has 0 atom stereocenters. The van der Waals surface area contributed by atoms with Crippen molar-refractivity contribution in [2.75, 3.05) is 12.5 Å². The quantitative estimate of drug-likeness (QED) is 0.816. The van der Waals surface area contributed by atoms with Gasteiger partial charge in [-0.3, -0.25) is 0 Å². The highest BCUT2D eigenvalue weighted by atomic mass is 16.7. The molecule has 0 saturated heterocycles. The van der Waals surface area contributed by atoms with Gasteiger partial charge in [-0.05, 0) is 36.6 Å². The van der Waals surface area contributed by atoms with Crippen molar-refractivity contribution < 1.29 is 14.0 Å². The predicted octanol–water partition coefficient (Wildman–Crippen LogP) is 2.27. The number of benzene rings is 1. The second-order valence-electron chi connectivity index (χ2n) is 4.01. The maximum absolute atomic E-state index is 5.74. The fourth-order valence-corrected chi connectivity index (χ4v) is 2.03. The third-order valence-corrected chi connectivity index (χ3v) is 3.11. The van der Waals surface area contributed by atoms with Crippen molar-refractivity contribution in [2.24, 2.45) is 0 Å². The Hall–Kier alpha value is -2.17. The van der Waals surface area contributed by atoms with Crippen LogP contribution in [0.15, 0.2) is 16.8 Å². The fourth-order valence-electron chi connectivity index (χ4n) is 2.03. The van der Waals surface area contributed by atoms with Crippen LogP contribution in [0.4, 0.5) is 5.88 Å². The minimum atomic E-state index is 0.262. The average Bonchev–Trinajstić information content (AvgIpc) is 2.92. The van der Waals surface area contributed by atoms with E-state index >= 15 is 0 Å². The van der Waals surface area contributed by atoms with E-state index in [9.17, 15) is 0 Å². The van der Waals surface area contributed by atoms with Crippen LogP contribution in [0.1, 0.15) is 11.1 Å². The molecule has 17 heavy (non-hydrogen) atoms. The van der Waals surface area contributed by atoms with E-state index in [-0.39, 0.29) is 6.79 Å². The zero-order valence-electron chi connectivity index (χ0n) is 9.61. The lowest BCUT2D eigenvalue weighted by Gasteiger charge is -2.10. The van der Waals surface area contributed by atoms with Crippen LogP contribution in [0.5, 0.6) is 11.5 Å². The summed E-state index contributed by atoms with van der Waals surface area (Å²) in [4.78, 5) is 0. The molecule has 1 aromatic carbocycles. The normalized spacial score (nSPS) is 13.1. The van der Waals surface area contributed by atoms with Crippen molar-refractivity contribution in [3.63, 3.8) is 0 Å². The third kappa shape index (κ3) is 1.35. The van der Waals surface area contributed by atoms with Gasteiger partial charge in [-0.2, -0.15) is 0 Å². The standard InChI is InChI=1S/C12H12N2O3/c1-6-7(2)11-10(15-5-16-11)3-8(6)9-4-14-17-12(9)13/h3-4H,5,13H2,1-2H3. The summed E-state index contributed by atoms with van der Waals surface area (Å²) < 4.78 is 15.7. The van der Waals surface area contributed by atoms with Crippen LogP contribution in [-0.4, -0.2) is 11.9 Å². The predicted molar refractivity (Wildman–Crippen MR) is 61.9 cm³/mol. The highest BCUT2D eigenvalue weighted by Crippen LogP contribution is 2.43. The van der Waals surface area contributed by atoms with E-state index in [0.29, 0.717) is 5.88 Å². The molecule has 0 radical (unpaired) electrons. The van der Waals surface area contributed by atoms with Gasteiger partial charge in [-0.15, -0.1) is 0 Å². The molecule has 0 aliphatic carbocycles. The van der Waals surface area contributed by atoms with Gasteiger partial charge in [0.1, 0.15) is 0 Å². The Kier molecular flexibility index (Phi) is 2.01. The minimum absolute atomic E-state index is 0.262. The fraction of sp³-hybridized carbons (Fsp3) is 0.250. The Labute approximate surface area is 98.1 Å². The zero-order chi connectivity index (χ0) is 12.0. The van der Waals surface area contributed by atoms with Crippen LogP contribution in [0, 0.1) is 13.8 Å². The van der Waals surface area contributed by atoms with Gasteiger partial charge >= 0.3 is 0 Å². The molecule has 3 rings (SSSR count). The minimum Gasteiger partial charge on any atom is -0.454 e. The van der Waals surface area contributed by atoms with E-state index < -0.39 is 0 Å². The van der Waals surface area contributed by atoms with Crippen LogP contribution in [0.25, 0.3) is 11.1 Å². The Bertz CT molecular complexity index is 590. The van der Waals surface area contributed by atoms with Crippen molar-refractivity contribution in [3.8, 4) is 22.6 Å². The number of nitrogen functional groups attached to an aromatic ring is 1. The van der Waals surface area contributed by atoms with Gasteiger partial charge in [0.25, 0.3) is 0 Å². The van der Waals surface area contributed by atoms with Crippen LogP contribution >= 0.6 is 0 Å². The summed E-state index contributed by atoms with van der Waals surface area (Å²) in [5.74, 6) is 1.86. The summed E-state index contributed by atoms with van der Waals surface area (Å²) in [5, 5.41) is 3.69. The Morgan fingerprint density at radius 3 is 2.71 bits per heavy atom. The lowest BCUT2D eigenvalue weighted by atomic mass is 9.97. The molecular weight excluding hydrogens is 220 g/mol. The molecule has 2 N–H and O–H groups in total. The lowest BCUT2D eigenvalue weighted by Crippen LogP contribution is -1.94. The Balaban J connectivity index is 2.25. The lowest BCUT2D eigenvalue weighted by molar-refractivity contribution is 0.173. The summed E-state index contributed by atoms with van der Waals surface area (Å²) in [7, 11) is 0. The van der Waals surface area contributed by atoms with Gasteiger partial charge in [0.2, 0.25) is 12.7 Å². The number of hydrogen-bond donors (Lipinski definition) is 1. The number of hydrogen-bond acceptors (Lipinski definition) is 5. The maximum atomic E-state index is 5.74. The first-order valence-corrected chi connectivity index (χ1v) is 5.29. The van der Waals surface area contributed by atoms with Crippen molar-refractivity contribution in [3.05, 3.63) is 23.4 Å². The van der Waals surface area contributed by atoms with Crippen molar-refractivity contribution >= 4 is 5.88 Å². The van der Waals surface area contributed by atoms with E-state index in [4.69, 9.17) is 19.7 Å². The van der Waals surface area contributed by atoms with Gasteiger partial charge in [-0.1, -0.05) is 5.16 Å². The highest BCUT2D eigenvalue weighted by molar-refractivity contribution is 5.78. The molecule has 5 nitrogen and oxygen atoms in total. The molecule has 0 fully saturated rings. The summed E-state index contributed by atoms with van der Waals surface area (Å²) in [5.41, 5.74) is 9.62. The average molecular weight is 232 g/mol. The van der Waals surface area contributed by atoms with E-state index in [2.05, 4.69) is 5.16 Å². The first-order chi connectivity index (χ1) is 8.18. The van der Waals surface area contributed by atoms with Crippen molar-refractivity contribution in [2.45, 2.75) is 13.8 Å². The van der Waals surface area contributed by atoms with Crippen LogP contribution < -0.4 is 15.2 Å². The third-order valence-electron chi connectivity index (χ3n) is 3.11. The Morgan fingerprint density at radius 1 is 1.18 bits per heavy atom. The van der Waals surface area contributed by atoms with Gasteiger partial charge in [0.15, 0.2) is 11.5 Å². The number of rotatable bonds is 1. The summed E-state index contributed by atoms with van der Waals surface area (Å²) in [6, 6.07) is 1.91. The molecule has 2 aromatic rings. The molecule has 1 aliphatic heterocycles. The molecule has 5 heteroatoms. The molecule has 0 unspecified atom stereocenters. The molecule has 1 aromatic heterocycles.